The fourth-order valence-corrected chi connectivity index (χ4v) is 3.84. The number of benzene rings is 2. The number of pyridine rings is 1. The molecular formula is C24H21N3O2S. The van der Waals surface area contributed by atoms with Crippen molar-refractivity contribution in [2.24, 2.45) is 4.99 Å². The van der Waals surface area contributed by atoms with E-state index in [-0.39, 0.29) is 5.91 Å². The van der Waals surface area contributed by atoms with Crippen LogP contribution >= 0.6 is 11.8 Å². The number of nitrogens with zero attached hydrogens (tertiary/aromatic N) is 2. The standard InChI is InChI=1S/C24H21N3O2S/c1-16-6-5-7-17(2)22(16)26-24-27-23(28)21(30-24)14-18-9-11-20(12-10-18)29-15-19-8-3-4-13-25-19/h3-14H,15H2,1-2H3,(H,26,27,28). The smallest absolute Gasteiger partial charge is 0.264 e. The van der Waals surface area contributed by atoms with Crippen molar-refractivity contribution in [2.75, 3.05) is 0 Å². The molecule has 2 heterocycles. The summed E-state index contributed by atoms with van der Waals surface area (Å²) in [4.78, 5) is 21.9. The van der Waals surface area contributed by atoms with Crippen LogP contribution in [0.15, 0.2) is 76.8 Å². The Morgan fingerprint density at radius 2 is 1.80 bits per heavy atom. The fourth-order valence-electron chi connectivity index (χ4n) is 3.02. The molecule has 0 radical (unpaired) electrons. The van der Waals surface area contributed by atoms with Gasteiger partial charge in [-0.2, -0.15) is 0 Å². The Morgan fingerprint density at radius 3 is 2.50 bits per heavy atom. The minimum atomic E-state index is -0.138. The molecule has 6 heteroatoms. The number of hydrogen-bond donors (Lipinski definition) is 1. The average Bonchev–Trinajstić information content (AvgIpc) is 3.10. The summed E-state index contributed by atoms with van der Waals surface area (Å²) < 4.78 is 5.76. The van der Waals surface area contributed by atoms with Crippen molar-refractivity contribution in [1.29, 1.82) is 0 Å². The molecule has 2 aromatic carbocycles. The first-order valence-corrected chi connectivity index (χ1v) is 10.4. The first-order valence-electron chi connectivity index (χ1n) is 9.57. The number of carbonyl (C=O) groups is 1. The molecule has 0 unspecified atom stereocenters. The highest BCUT2D eigenvalue weighted by Crippen LogP contribution is 2.30. The Hall–Kier alpha value is -3.38. The molecule has 150 valence electrons. The molecule has 5 nitrogen and oxygen atoms in total. The van der Waals surface area contributed by atoms with E-state index in [9.17, 15) is 4.79 Å². The van der Waals surface area contributed by atoms with Crippen molar-refractivity contribution in [3.63, 3.8) is 0 Å². The van der Waals surface area contributed by atoms with Crippen LogP contribution in [0.1, 0.15) is 22.4 Å². The summed E-state index contributed by atoms with van der Waals surface area (Å²) in [7, 11) is 0. The van der Waals surface area contributed by atoms with E-state index in [1.54, 1.807) is 6.20 Å². The van der Waals surface area contributed by atoms with Crippen LogP contribution in [0, 0.1) is 13.8 Å². The SMILES string of the molecule is Cc1cccc(C)c1N=C1NC(=O)C(=Cc2ccc(OCc3ccccn3)cc2)S1. The highest BCUT2D eigenvalue weighted by atomic mass is 32.2. The molecule has 1 N–H and O–H groups in total. The van der Waals surface area contributed by atoms with Gasteiger partial charge in [0.2, 0.25) is 0 Å². The number of carbonyl (C=O) groups excluding carboxylic acids is 1. The molecule has 1 aliphatic rings. The van der Waals surface area contributed by atoms with E-state index in [2.05, 4.69) is 15.3 Å². The van der Waals surface area contributed by atoms with Crippen molar-refractivity contribution in [3.05, 3.63) is 94.1 Å². The Kier molecular flexibility index (Phi) is 5.95. The van der Waals surface area contributed by atoms with Gasteiger partial charge < -0.3 is 10.1 Å². The summed E-state index contributed by atoms with van der Waals surface area (Å²) in [6, 6.07) is 19.4. The molecule has 1 aliphatic heterocycles. The third-order valence-electron chi connectivity index (χ3n) is 4.59. The second-order valence-electron chi connectivity index (χ2n) is 6.90. The average molecular weight is 416 g/mol. The molecule has 3 aromatic rings. The van der Waals surface area contributed by atoms with Gasteiger partial charge in [-0.15, -0.1) is 0 Å². The summed E-state index contributed by atoms with van der Waals surface area (Å²) in [5.74, 6) is 0.615. The number of aryl methyl sites for hydroxylation is 2. The third kappa shape index (κ3) is 4.78. The molecule has 1 aromatic heterocycles. The van der Waals surface area contributed by atoms with Gasteiger partial charge in [0.1, 0.15) is 12.4 Å². The van der Waals surface area contributed by atoms with Gasteiger partial charge in [-0.1, -0.05) is 36.4 Å². The minimum Gasteiger partial charge on any atom is -0.487 e. The zero-order valence-corrected chi connectivity index (χ0v) is 17.6. The van der Waals surface area contributed by atoms with E-state index in [0.29, 0.717) is 16.7 Å². The van der Waals surface area contributed by atoms with Crippen molar-refractivity contribution in [2.45, 2.75) is 20.5 Å². The van der Waals surface area contributed by atoms with Crippen LogP contribution in [0.3, 0.4) is 0 Å². The van der Waals surface area contributed by atoms with E-state index in [1.165, 1.54) is 11.8 Å². The molecule has 0 spiro atoms. The zero-order chi connectivity index (χ0) is 20.9. The Bertz CT molecular complexity index is 1100. The van der Waals surface area contributed by atoms with Crippen molar-refractivity contribution in [1.82, 2.24) is 10.3 Å². The molecule has 1 saturated heterocycles. The van der Waals surface area contributed by atoms with Gasteiger partial charge in [0.25, 0.3) is 5.91 Å². The molecule has 0 aliphatic carbocycles. The maximum absolute atomic E-state index is 12.4. The van der Waals surface area contributed by atoms with Gasteiger partial charge in [-0.05, 0) is 72.6 Å². The number of aromatic nitrogens is 1. The maximum atomic E-state index is 12.4. The van der Waals surface area contributed by atoms with Crippen LogP contribution in [-0.2, 0) is 11.4 Å². The van der Waals surface area contributed by atoms with E-state index >= 15 is 0 Å². The largest absolute Gasteiger partial charge is 0.487 e. The van der Waals surface area contributed by atoms with E-state index in [0.717, 1.165) is 33.8 Å². The predicted octanol–water partition coefficient (Wildman–Crippen LogP) is 5.17. The summed E-state index contributed by atoms with van der Waals surface area (Å²) in [6.07, 6.45) is 3.60. The number of hydrogen-bond acceptors (Lipinski definition) is 5. The second kappa shape index (κ2) is 8.97. The Morgan fingerprint density at radius 1 is 1.03 bits per heavy atom. The maximum Gasteiger partial charge on any atom is 0.264 e. The Balaban J connectivity index is 1.44. The summed E-state index contributed by atoms with van der Waals surface area (Å²) in [5, 5.41) is 3.45. The highest BCUT2D eigenvalue weighted by molar-refractivity contribution is 8.18. The number of amides is 1. The number of amidine groups is 1. The van der Waals surface area contributed by atoms with E-state index < -0.39 is 0 Å². The van der Waals surface area contributed by atoms with E-state index in [1.807, 2.05) is 80.6 Å². The lowest BCUT2D eigenvalue weighted by Crippen LogP contribution is -2.19. The summed E-state index contributed by atoms with van der Waals surface area (Å²) >= 11 is 1.35. The number of ether oxygens (including phenoxy) is 1. The number of rotatable bonds is 5. The molecule has 1 fully saturated rings. The predicted molar refractivity (Wildman–Crippen MR) is 122 cm³/mol. The lowest BCUT2D eigenvalue weighted by atomic mass is 10.1. The van der Waals surface area contributed by atoms with Crippen LogP contribution in [0.2, 0.25) is 0 Å². The van der Waals surface area contributed by atoms with Crippen molar-refractivity contribution >= 4 is 34.6 Å². The van der Waals surface area contributed by atoms with Crippen molar-refractivity contribution < 1.29 is 9.53 Å². The van der Waals surface area contributed by atoms with Gasteiger partial charge in [0.05, 0.1) is 16.3 Å². The van der Waals surface area contributed by atoms with Gasteiger partial charge in [0, 0.05) is 6.20 Å². The fraction of sp³-hybridized carbons (Fsp3) is 0.125. The van der Waals surface area contributed by atoms with Crippen LogP contribution in [0.5, 0.6) is 5.75 Å². The molecule has 0 atom stereocenters. The minimum absolute atomic E-state index is 0.138. The number of para-hydroxylation sites is 1. The molecular weight excluding hydrogens is 394 g/mol. The third-order valence-corrected chi connectivity index (χ3v) is 5.50. The van der Waals surface area contributed by atoms with E-state index in [4.69, 9.17) is 4.74 Å². The molecule has 4 rings (SSSR count). The first-order chi connectivity index (χ1) is 14.6. The summed E-state index contributed by atoms with van der Waals surface area (Å²) in [6.45, 7) is 4.45. The summed E-state index contributed by atoms with van der Waals surface area (Å²) in [5.41, 5.74) is 4.85. The van der Waals surface area contributed by atoms with Crippen LogP contribution < -0.4 is 10.1 Å². The molecule has 1 amide bonds. The topological polar surface area (TPSA) is 63.6 Å². The molecule has 0 saturated carbocycles. The quantitative estimate of drug-likeness (QED) is 0.584. The Labute approximate surface area is 179 Å². The number of nitrogens with one attached hydrogen (secondary N) is 1. The zero-order valence-electron chi connectivity index (χ0n) is 16.8. The van der Waals surface area contributed by atoms with Gasteiger partial charge in [0.15, 0.2) is 5.17 Å². The van der Waals surface area contributed by atoms with Crippen LogP contribution in [0.4, 0.5) is 5.69 Å². The lowest BCUT2D eigenvalue weighted by Gasteiger charge is -2.05. The van der Waals surface area contributed by atoms with Gasteiger partial charge >= 0.3 is 0 Å². The second-order valence-corrected chi connectivity index (χ2v) is 7.93. The highest BCUT2D eigenvalue weighted by Gasteiger charge is 2.24. The van der Waals surface area contributed by atoms with Crippen LogP contribution in [0.25, 0.3) is 6.08 Å². The van der Waals surface area contributed by atoms with Crippen LogP contribution in [-0.4, -0.2) is 16.1 Å². The van der Waals surface area contributed by atoms with Crippen molar-refractivity contribution in [3.8, 4) is 5.75 Å². The normalized spacial score (nSPS) is 16.1. The number of thioether (sulfide) groups is 1. The molecule has 30 heavy (non-hydrogen) atoms. The number of aliphatic imine (C=N–C) groups is 1. The first kappa shape index (κ1) is 19.9. The lowest BCUT2D eigenvalue weighted by molar-refractivity contribution is -0.115. The van der Waals surface area contributed by atoms with Gasteiger partial charge in [-0.3, -0.25) is 9.78 Å². The monoisotopic (exact) mass is 415 g/mol. The molecule has 0 bridgehead atoms. The van der Waals surface area contributed by atoms with Gasteiger partial charge in [-0.25, -0.2) is 4.99 Å².